The highest BCUT2D eigenvalue weighted by Crippen LogP contribution is 2.22. The van der Waals surface area contributed by atoms with Crippen molar-refractivity contribution in [3.63, 3.8) is 0 Å². The highest BCUT2D eigenvalue weighted by molar-refractivity contribution is 5.71. The van der Waals surface area contributed by atoms with Crippen LogP contribution in [0.4, 0.5) is 4.79 Å². The molecule has 1 aliphatic heterocycles. The molecule has 1 rings (SSSR count). The molecular formula is C12H21NO5. The molecule has 104 valence electrons. The molecule has 0 bridgehead atoms. The van der Waals surface area contributed by atoms with Gasteiger partial charge >= 0.3 is 12.1 Å². The molecule has 0 radical (unpaired) electrons. The smallest absolute Gasteiger partial charge is 0.410 e. The van der Waals surface area contributed by atoms with Crippen LogP contribution in [0.2, 0.25) is 0 Å². The zero-order chi connectivity index (χ0) is 13.9. The fourth-order valence-electron chi connectivity index (χ4n) is 1.83. The Balaban J connectivity index is 2.53. The van der Waals surface area contributed by atoms with E-state index >= 15 is 0 Å². The summed E-state index contributed by atoms with van der Waals surface area (Å²) < 4.78 is 9.76. The first kappa shape index (κ1) is 14.8. The van der Waals surface area contributed by atoms with Gasteiger partial charge in [0.2, 0.25) is 0 Å². The first-order valence-electron chi connectivity index (χ1n) is 5.95. The Morgan fingerprint density at radius 2 is 1.94 bits per heavy atom. The van der Waals surface area contributed by atoms with Gasteiger partial charge in [-0.05, 0) is 20.8 Å². The first-order chi connectivity index (χ1) is 8.23. The lowest BCUT2D eigenvalue weighted by Crippen LogP contribution is -2.35. The molecule has 1 amide bonds. The van der Waals surface area contributed by atoms with Crippen molar-refractivity contribution in [3.8, 4) is 0 Å². The second-order valence-electron chi connectivity index (χ2n) is 5.49. The average Bonchev–Trinajstić information content (AvgIpc) is 2.58. The van der Waals surface area contributed by atoms with Gasteiger partial charge in [0, 0.05) is 12.5 Å². The summed E-state index contributed by atoms with van der Waals surface area (Å²) in [5, 5.41) is 9.79. The third kappa shape index (κ3) is 4.18. The molecule has 0 aromatic rings. The van der Waals surface area contributed by atoms with Crippen molar-refractivity contribution in [1.29, 1.82) is 0 Å². The number of carbonyl (C=O) groups excluding carboxylic acids is 2. The van der Waals surface area contributed by atoms with Crippen LogP contribution >= 0.6 is 0 Å². The van der Waals surface area contributed by atoms with Gasteiger partial charge in [-0.3, -0.25) is 4.79 Å². The van der Waals surface area contributed by atoms with E-state index in [4.69, 9.17) is 4.74 Å². The summed E-state index contributed by atoms with van der Waals surface area (Å²) in [6.07, 6.45) is -1.07. The zero-order valence-corrected chi connectivity index (χ0v) is 11.3. The number of hydrogen-bond acceptors (Lipinski definition) is 5. The lowest BCUT2D eigenvalue weighted by atomic mass is 10.0. The molecule has 18 heavy (non-hydrogen) atoms. The maximum absolute atomic E-state index is 11.8. The van der Waals surface area contributed by atoms with Crippen molar-refractivity contribution in [2.24, 2.45) is 5.92 Å². The van der Waals surface area contributed by atoms with Gasteiger partial charge in [-0.25, -0.2) is 4.79 Å². The molecule has 2 unspecified atom stereocenters. The molecule has 0 saturated carbocycles. The molecule has 0 spiro atoms. The average molecular weight is 259 g/mol. The van der Waals surface area contributed by atoms with Crippen molar-refractivity contribution in [1.82, 2.24) is 4.90 Å². The third-order valence-electron chi connectivity index (χ3n) is 2.71. The number of β-amino-alcohol motifs (C(OH)–C–C–N with tert-alkyl or cyclic N) is 1. The van der Waals surface area contributed by atoms with Crippen LogP contribution in [-0.2, 0) is 14.3 Å². The summed E-state index contributed by atoms with van der Waals surface area (Å²) >= 11 is 0. The number of nitrogens with zero attached hydrogens (tertiary/aromatic N) is 1. The molecule has 0 aromatic carbocycles. The van der Waals surface area contributed by atoms with E-state index in [-0.39, 0.29) is 24.9 Å². The summed E-state index contributed by atoms with van der Waals surface area (Å²) in [5.74, 6) is -0.671. The summed E-state index contributed by atoms with van der Waals surface area (Å²) in [5.41, 5.74) is -0.567. The Bertz CT molecular complexity index is 323. The summed E-state index contributed by atoms with van der Waals surface area (Å²) in [7, 11) is 1.30. The number of aliphatic hydroxyl groups is 1. The van der Waals surface area contributed by atoms with Crippen LogP contribution in [0.3, 0.4) is 0 Å². The van der Waals surface area contributed by atoms with Crippen molar-refractivity contribution < 1.29 is 24.2 Å². The first-order valence-corrected chi connectivity index (χ1v) is 5.95. The van der Waals surface area contributed by atoms with E-state index in [0.717, 1.165) is 0 Å². The van der Waals surface area contributed by atoms with Crippen molar-refractivity contribution in [2.45, 2.75) is 38.9 Å². The standard InChI is InChI=1S/C12H21NO5/c1-12(2,3)18-11(16)13-6-8(9(14)7-13)5-10(15)17-4/h8-9,14H,5-7H2,1-4H3. The highest BCUT2D eigenvalue weighted by atomic mass is 16.6. The van der Waals surface area contributed by atoms with Crippen LogP contribution in [0.15, 0.2) is 0 Å². The van der Waals surface area contributed by atoms with Crippen LogP contribution in [0.1, 0.15) is 27.2 Å². The Morgan fingerprint density at radius 3 is 2.44 bits per heavy atom. The number of likely N-dealkylation sites (tertiary alicyclic amines) is 1. The van der Waals surface area contributed by atoms with Gasteiger partial charge in [0.25, 0.3) is 0 Å². The van der Waals surface area contributed by atoms with E-state index in [1.54, 1.807) is 20.8 Å². The summed E-state index contributed by atoms with van der Waals surface area (Å²) in [6, 6.07) is 0. The predicted octanol–water partition coefficient (Wildman–Crippen LogP) is 0.777. The van der Waals surface area contributed by atoms with E-state index < -0.39 is 17.8 Å². The van der Waals surface area contributed by atoms with Crippen LogP contribution in [0, 0.1) is 5.92 Å². The lowest BCUT2D eigenvalue weighted by molar-refractivity contribution is -0.142. The summed E-state index contributed by atoms with van der Waals surface area (Å²) in [6.45, 7) is 5.84. The highest BCUT2D eigenvalue weighted by Gasteiger charge is 2.37. The number of esters is 1. The van der Waals surface area contributed by atoms with Gasteiger partial charge < -0.3 is 19.5 Å². The number of methoxy groups -OCH3 is 1. The largest absolute Gasteiger partial charge is 0.469 e. The molecule has 0 aromatic heterocycles. The number of ether oxygens (including phenoxy) is 2. The predicted molar refractivity (Wildman–Crippen MR) is 63.9 cm³/mol. The van der Waals surface area contributed by atoms with Gasteiger partial charge in [0.15, 0.2) is 0 Å². The van der Waals surface area contributed by atoms with Gasteiger partial charge in [-0.2, -0.15) is 0 Å². The fraction of sp³-hybridized carbons (Fsp3) is 0.833. The van der Waals surface area contributed by atoms with Gasteiger partial charge in [0.05, 0.1) is 26.2 Å². The van der Waals surface area contributed by atoms with Gasteiger partial charge in [-0.15, -0.1) is 0 Å². The molecule has 6 heteroatoms. The molecule has 1 N–H and O–H groups in total. The van der Waals surface area contributed by atoms with E-state index in [9.17, 15) is 14.7 Å². The number of hydrogen-bond donors (Lipinski definition) is 1. The number of rotatable bonds is 2. The van der Waals surface area contributed by atoms with Crippen LogP contribution < -0.4 is 0 Å². The Hall–Kier alpha value is -1.30. The normalized spacial score (nSPS) is 23.9. The number of aliphatic hydroxyl groups excluding tert-OH is 1. The van der Waals surface area contributed by atoms with Crippen LogP contribution in [0.5, 0.6) is 0 Å². The molecule has 6 nitrogen and oxygen atoms in total. The Labute approximate surface area is 107 Å². The minimum absolute atomic E-state index is 0.108. The van der Waals surface area contributed by atoms with Crippen molar-refractivity contribution >= 4 is 12.1 Å². The maximum atomic E-state index is 11.8. The Kier molecular flexibility index (Phi) is 4.56. The van der Waals surface area contributed by atoms with E-state index in [2.05, 4.69) is 4.74 Å². The molecule has 1 heterocycles. The SMILES string of the molecule is COC(=O)CC1CN(C(=O)OC(C)(C)C)CC1O. The fourth-order valence-corrected chi connectivity index (χ4v) is 1.83. The van der Waals surface area contributed by atoms with Gasteiger partial charge in [-0.1, -0.05) is 0 Å². The molecule has 1 aliphatic rings. The topological polar surface area (TPSA) is 76.1 Å². The minimum atomic E-state index is -0.711. The second kappa shape index (κ2) is 5.56. The molecular weight excluding hydrogens is 238 g/mol. The van der Waals surface area contributed by atoms with Crippen molar-refractivity contribution in [2.75, 3.05) is 20.2 Å². The zero-order valence-electron chi connectivity index (χ0n) is 11.3. The monoisotopic (exact) mass is 259 g/mol. The quantitative estimate of drug-likeness (QED) is 0.741. The van der Waals surface area contributed by atoms with Crippen LogP contribution in [0.25, 0.3) is 0 Å². The van der Waals surface area contributed by atoms with E-state index in [0.29, 0.717) is 6.54 Å². The maximum Gasteiger partial charge on any atom is 0.410 e. The molecule has 2 atom stereocenters. The summed E-state index contributed by atoms with van der Waals surface area (Å²) in [4.78, 5) is 24.4. The van der Waals surface area contributed by atoms with Crippen molar-refractivity contribution in [3.05, 3.63) is 0 Å². The van der Waals surface area contributed by atoms with Gasteiger partial charge in [0.1, 0.15) is 5.60 Å². The van der Waals surface area contributed by atoms with Crippen LogP contribution in [-0.4, -0.2) is 54.0 Å². The number of carbonyl (C=O) groups is 2. The Morgan fingerprint density at radius 1 is 1.33 bits per heavy atom. The lowest BCUT2D eigenvalue weighted by Gasteiger charge is -2.24. The minimum Gasteiger partial charge on any atom is -0.469 e. The van der Waals surface area contributed by atoms with E-state index in [1.807, 2.05) is 0 Å². The van der Waals surface area contributed by atoms with E-state index in [1.165, 1.54) is 12.0 Å². The molecule has 0 aliphatic carbocycles. The third-order valence-corrected chi connectivity index (χ3v) is 2.71. The second-order valence-corrected chi connectivity index (χ2v) is 5.49. The molecule has 1 fully saturated rings. The number of amides is 1. The molecule has 1 saturated heterocycles.